The van der Waals surface area contributed by atoms with Gasteiger partial charge in [0.2, 0.25) is 6.23 Å². The molecule has 0 aromatic heterocycles. The van der Waals surface area contributed by atoms with Crippen LogP contribution in [0.25, 0.3) is 0 Å². The number of nitro groups is 1. The van der Waals surface area contributed by atoms with Crippen molar-refractivity contribution >= 4 is 40.5 Å². The van der Waals surface area contributed by atoms with Crippen molar-refractivity contribution in [2.24, 2.45) is 0 Å². The molecule has 2 rings (SSSR count). The van der Waals surface area contributed by atoms with Crippen LogP contribution in [0.15, 0.2) is 28.3 Å². The van der Waals surface area contributed by atoms with Gasteiger partial charge in [0.05, 0.1) is 10.5 Å². The highest BCUT2D eigenvalue weighted by molar-refractivity contribution is 6.48. The van der Waals surface area contributed by atoms with E-state index in [2.05, 4.69) is 10.1 Å². The van der Waals surface area contributed by atoms with Gasteiger partial charge in [-0.05, 0) is 12.1 Å². The maximum Gasteiger partial charge on any atom is 0.416 e. The number of carbonyl (C=O) groups excluding carboxylic acids is 1. The van der Waals surface area contributed by atoms with E-state index < -0.39 is 39.6 Å². The summed E-state index contributed by atoms with van der Waals surface area (Å²) in [5.41, 5.74) is -2.34. The van der Waals surface area contributed by atoms with Gasteiger partial charge in [0.15, 0.2) is 0 Å². The average molecular weight is 357 g/mol. The summed E-state index contributed by atoms with van der Waals surface area (Å²) < 4.78 is 42.4. The number of hydrogen-bond donors (Lipinski definition) is 1. The molecular formula is C11H5Cl2F3N2O4. The zero-order valence-electron chi connectivity index (χ0n) is 10.3. The smallest absolute Gasteiger partial charge is 0.416 e. The summed E-state index contributed by atoms with van der Waals surface area (Å²) in [5, 5.41) is 12.6. The number of alkyl halides is 3. The first kappa shape index (κ1) is 16.4. The van der Waals surface area contributed by atoms with Gasteiger partial charge in [0.1, 0.15) is 15.8 Å². The fraction of sp³-hybridized carbons (Fsp3) is 0.182. The summed E-state index contributed by atoms with van der Waals surface area (Å²) in [6.45, 7) is 0. The van der Waals surface area contributed by atoms with Crippen LogP contribution in [-0.4, -0.2) is 17.1 Å². The third-order valence-corrected chi connectivity index (χ3v) is 3.49. The van der Waals surface area contributed by atoms with Gasteiger partial charge in [-0.25, -0.2) is 4.79 Å². The van der Waals surface area contributed by atoms with Crippen molar-refractivity contribution in [2.75, 3.05) is 5.32 Å². The standard InChI is InChI=1S/C11H5Cl2F3N2O4/c12-7-8(13)10(19)22-9(7)17-5-2-1-4(11(14,15)16)3-6(5)18(20)21/h1-3,9,17H/t9-/m0/s1. The lowest BCUT2D eigenvalue weighted by molar-refractivity contribution is -0.384. The largest absolute Gasteiger partial charge is 0.432 e. The van der Waals surface area contributed by atoms with Gasteiger partial charge in [-0.2, -0.15) is 13.2 Å². The van der Waals surface area contributed by atoms with Crippen LogP contribution in [0.4, 0.5) is 24.5 Å². The van der Waals surface area contributed by atoms with Crippen LogP contribution in [0, 0.1) is 10.1 Å². The number of ether oxygens (including phenoxy) is 1. The van der Waals surface area contributed by atoms with Crippen LogP contribution in [0.1, 0.15) is 5.56 Å². The Labute approximate surface area is 130 Å². The number of nitro benzene ring substituents is 1. The lowest BCUT2D eigenvalue weighted by Gasteiger charge is -2.15. The van der Waals surface area contributed by atoms with Crippen LogP contribution in [0.2, 0.25) is 0 Å². The highest BCUT2D eigenvalue weighted by atomic mass is 35.5. The van der Waals surface area contributed by atoms with E-state index in [1.807, 2.05) is 0 Å². The molecule has 11 heteroatoms. The van der Waals surface area contributed by atoms with E-state index in [1.54, 1.807) is 0 Å². The van der Waals surface area contributed by atoms with Gasteiger partial charge in [-0.15, -0.1) is 0 Å². The summed E-state index contributed by atoms with van der Waals surface area (Å²) in [6.07, 6.45) is -6.04. The van der Waals surface area contributed by atoms with Crippen LogP contribution in [0.3, 0.4) is 0 Å². The van der Waals surface area contributed by atoms with Gasteiger partial charge < -0.3 is 10.1 Å². The van der Waals surface area contributed by atoms with E-state index in [0.717, 1.165) is 6.07 Å². The summed E-state index contributed by atoms with van der Waals surface area (Å²) in [6, 6.07) is 1.84. The lowest BCUT2D eigenvalue weighted by Crippen LogP contribution is -2.21. The Bertz CT molecular complexity index is 690. The predicted octanol–water partition coefficient (Wildman–Crippen LogP) is 3.60. The number of nitrogens with zero attached hydrogens (tertiary/aromatic N) is 1. The number of halogens is 5. The van der Waals surface area contributed by atoms with Gasteiger partial charge >= 0.3 is 12.1 Å². The fourth-order valence-corrected chi connectivity index (χ4v) is 1.96. The summed E-state index contributed by atoms with van der Waals surface area (Å²) in [7, 11) is 0. The van der Waals surface area contributed by atoms with Gasteiger partial charge in [0.25, 0.3) is 5.69 Å². The first-order chi connectivity index (χ1) is 10.1. The number of rotatable bonds is 3. The van der Waals surface area contributed by atoms with E-state index in [-0.39, 0.29) is 10.7 Å². The topological polar surface area (TPSA) is 81.5 Å². The Balaban J connectivity index is 2.36. The van der Waals surface area contributed by atoms with E-state index >= 15 is 0 Å². The molecule has 1 atom stereocenters. The third kappa shape index (κ3) is 3.09. The second-order valence-electron chi connectivity index (χ2n) is 4.08. The molecule has 0 bridgehead atoms. The summed E-state index contributed by atoms with van der Waals surface area (Å²) in [4.78, 5) is 21.1. The minimum absolute atomic E-state index is 0.249. The SMILES string of the molecule is O=C1O[C@H](Nc2ccc(C(F)(F)F)cc2[N+](=O)[O-])C(Cl)=C1Cl. The third-order valence-electron chi connectivity index (χ3n) is 2.65. The highest BCUT2D eigenvalue weighted by Gasteiger charge is 2.36. The van der Waals surface area contributed by atoms with Crippen molar-refractivity contribution in [1.82, 2.24) is 0 Å². The molecule has 118 valence electrons. The molecule has 0 spiro atoms. The Kier molecular flexibility index (Phi) is 4.21. The Morgan fingerprint density at radius 2 is 1.95 bits per heavy atom. The molecule has 22 heavy (non-hydrogen) atoms. The zero-order valence-corrected chi connectivity index (χ0v) is 11.8. The summed E-state index contributed by atoms with van der Waals surface area (Å²) in [5.74, 6) is -0.946. The first-order valence-corrected chi connectivity index (χ1v) is 6.25. The molecule has 0 saturated carbocycles. The second kappa shape index (κ2) is 5.65. The van der Waals surface area contributed by atoms with Crippen LogP contribution < -0.4 is 5.32 Å². The van der Waals surface area contributed by atoms with Gasteiger partial charge in [-0.3, -0.25) is 10.1 Å². The molecule has 1 heterocycles. The molecule has 0 amide bonds. The van der Waals surface area contributed by atoms with Crippen LogP contribution in [0.5, 0.6) is 0 Å². The average Bonchev–Trinajstić information content (AvgIpc) is 2.65. The molecular weight excluding hydrogens is 352 g/mol. The van der Waals surface area contributed by atoms with Crippen molar-refractivity contribution in [2.45, 2.75) is 12.4 Å². The Hall–Kier alpha value is -2.00. The number of esters is 1. The monoisotopic (exact) mass is 356 g/mol. The van der Waals surface area contributed by atoms with E-state index in [1.165, 1.54) is 0 Å². The molecule has 0 fully saturated rings. The van der Waals surface area contributed by atoms with Crippen LogP contribution in [-0.2, 0) is 15.7 Å². The maximum absolute atomic E-state index is 12.6. The van der Waals surface area contributed by atoms with Crippen molar-refractivity contribution in [3.63, 3.8) is 0 Å². The molecule has 1 aliphatic rings. The quantitative estimate of drug-likeness (QED) is 0.508. The number of hydrogen-bond acceptors (Lipinski definition) is 5. The minimum Gasteiger partial charge on any atom is -0.432 e. The van der Waals surface area contributed by atoms with Crippen molar-refractivity contribution in [3.05, 3.63) is 43.9 Å². The molecule has 0 aliphatic carbocycles. The fourth-order valence-electron chi connectivity index (χ4n) is 1.64. The Morgan fingerprint density at radius 3 is 2.41 bits per heavy atom. The maximum atomic E-state index is 12.6. The Morgan fingerprint density at radius 1 is 1.32 bits per heavy atom. The molecule has 0 unspecified atom stereocenters. The normalized spacial score (nSPS) is 18.4. The van der Waals surface area contributed by atoms with E-state index in [4.69, 9.17) is 23.2 Å². The first-order valence-electron chi connectivity index (χ1n) is 5.49. The van der Waals surface area contributed by atoms with Gasteiger partial charge in [-0.1, -0.05) is 23.2 Å². The number of benzene rings is 1. The summed E-state index contributed by atoms with van der Waals surface area (Å²) >= 11 is 11.2. The second-order valence-corrected chi connectivity index (χ2v) is 4.86. The zero-order chi connectivity index (χ0) is 16.7. The van der Waals surface area contributed by atoms with E-state index in [0.29, 0.717) is 12.1 Å². The predicted molar refractivity (Wildman–Crippen MR) is 70.3 cm³/mol. The molecule has 0 saturated heterocycles. The molecule has 0 radical (unpaired) electrons. The number of cyclic esters (lactones) is 1. The van der Waals surface area contributed by atoms with Crippen molar-refractivity contribution in [3.8, 4) is 0 Å². The molecule has 1 N–H and O–H groups in total. The lowest BCUT2D eigenvalue weighted by atomic mass is 10.1. The molecule has 1 aromatic carbocycles. The van der Waals surface area contributed by atoms with E-state index in [9.17, 15) is 28.1 Å². The van der Waals surface area contributed by atoms with Crippen LogP contribution >= 0.6 is 23.2 Å². The minimum atomic E-state index is -4.73. The highest BCUT2D eigenvalue weighted by Crippen LogP contribution is 2.37. The van der Waals surface area contributed by atoms with Crippen molar-refractivity contribution < 1.29 is 27.6 Å². The number of carbonyl (C=O) groups is 1. The van der Waals surface area contributed by atoms with Crippen molar-refractivity contribution in [1.29, 1.82) is 0 Å². The number of anilines is 1. The number of nitrogens with one attached hydrogen (secondary N) is 1. The molecule has 6 nitrogen and oxygen atoms in total. The molecule has 1 aromatic rings. The molecule has 1 aliphatic heterocycles. The van der Waals surface area contributed by atoms with Gasteiger partial charge in [0, 0.05) is 6.07 Å².